The fourth-order valence-corrected chi connectivity index (χ4v) is 7.68. The minimum absolute atomic E-state index is 0.00733. The number of phenols is 2. The standard InChI is InChI=1S/C36H40N6O12/c1-14(2)42-13-39-27-33(42)40-35(41-34(27)50)38-12-37-18-8-22(53-15(3)28(18)45)54-20-10-36(51,21(44)11-43)9-17-24(20)32(49)26-25(30(17)47)29(46)16-6-5-7-19(52-4)23(16)31(26)48/h5-7,13-15,18,20,22,28,37,43,45,47,49,51H,8-12H2,1-4H3,(H2,38,40,41,50)/p+1/t15?,18?,20-,22?,28?,36-/m0/s1. The number of aromatic nitrogens is 4. The summed E-state index contributed by atoms with van der Waals surface area (Å²) in [6.07, 6.45) is -3.88. The second-order valence-corrected chi connectivity index (χ2v) is 14.1. The van der Waals surface area contributed by atoms with Gasteiger partial charge in [-0.25, -0.2) is 4.98 Å². The van der Waals surface area contributed by atoms with Crippen molar-refractivity contribution in [3.8, 4) is 17.2 Å². The van der Waals surface area contributed by atoms with E-state index in [1.54, 1.807) is 23.1 Å². The molecule has 1 saturated heterocycles. The molecule has 4 aromatic rings. The van der Waals surface area contributed by atoms with Crippen LogP contribution in [0.5, 0.6) is 17.2 Å². The number of fused-ring (bicyclic) bond motifs is 4. The third kappa shape index (κ3) is 6.00. The third-order valence-electron chi connectivity index (χ3n) is 10.5. The number of nitrogens with two attached hydrogens (primary N) is 1. The minimum atomic E-state index is -2.31. The average Bonchev–Trinajstić information content (AvgIpc) is 3.58. The molecule has 0 radical (unpaired) electrons. The van der Waals surface area contributed by atoms with Crippen molar-refractivity contribution in [1.82, 2.24) is 19.5 Å². The van der Waals surface area contributed by atoms with Crippen molar-refractivity contribution in [3.63, 3.8) is 0 Å². The first kappa shape index (κ1) is 37.1. The van der Waals surface area contributed by atoms with Gasteiger partial charge in [0.2, 0.25) is 11.7 Å². The number of aliphatic hydroxyl groups is 3. The minimum Gasteiger partial charge on any atom is -0.507 e. The Balaban J connectivity index is 1.18. The third-order valence-corrected chi connectivity index (χ3v) is 10.5. The van der Waals surface area contributed by atoms with Gasteiger partial charge in [0.25, 0.3) is 5.56 Å². The number of quaternary nitrogens is 1. The fourth-order valence-electron chi connectivity index (χ4n) is 7.68. The molecule has 6 atom stereocenters. The number of benzene rings is 2. The number of ether oxygens (including phenoxy) is 3. The number of carbonyl (C=O) groups is 3. The molecular formula is C36H41N6O12+. The average molecular weight is 750 g/mol. The predicted octanol–water partition coefficient (Wildman–Crippen LogP) is -0.310. The highest BCUT2D eigenvalue weighted by Crippen LogP contribution is 2.52. The zero-order valence-electron chi connectivity index (χ0n) is 29.8. The monoisotopic (exact) mass is 749 g/mol. The van der Waals surface area contributed by atoms with Gasteiger partial charge in [0, 0.05) is 35.6 Å². The van der Waals surface area contributed by atoms with Crippen molar-refractivity contribution in [2.24, 2.45) is 0 Å². The molecule has 3 aliphatic rings. The summed E-state index contributed by atoms with van der Waals surface area (Å²) < 4.78 is 19.4. The molecule has 18 heteroatoms. The van der Waals surface area contributed by atoms with Crippen LogP contribution >= 0.6 is 0 Å². The van der Waals surface area contributed by atoms with E-state index in [9.17, 15) is 44.7 Å². The maximum absolute atomic E-state index is 13.9. The molecule has 0 amide bonds. The zero-order chi connectivity index (χ0) is 38.8. The van der Waals surface area contributed by atoms with Gasteiger partial charge in [-0.05, 0) is 26.8 Å². The Hall–Kier alpha value is -5.24. The maximum atomic E-state index is 13.9. The summed E-state index contributed by atoms with van der Waals surface area (Å²) >= 11 is 0. The molecule has 7 rings (SSSR count). The van der Waals surface area contributed by atoms with Gasteiger partial charge in [-0.1, -0.05) is 12.1 Å². The first-order valence-electron chi connectivity index (χ1n) is 17.5. The van der Waals surface area contributed by atoms with Crippen molar-refractivity contribution < 1.29 is 59.4 Å². The summed E-state index contributed by atoms with van der Waals surface area (Å²) in [4.78, 5) is 64.6. The molecule has 1 aliphatic heterocycles. The summed E-state index contributed by atoms with van der Waals surface area (Å²) in [5.74, 6) is -3.73. The van der Waals surface area contributed by atoms with E-state index in [-0.39, 0.29) is 58.6 Å². The van der Waals surface area contributed by atoms with Gasteiger partial charge in [0.1, 0.15) is 41.6 Å². The number of nitrogens with one attached hydrogen (secondary N) is 2. The number of nitrogens with zero attached hydrogens (tertiary/aromatic N) is 3. The Morgan fingerprint density at radius 1 is 1.17 bits per heavy atom. The van der Waals surface area contributed by atoms with Gasteiger partial charge in [-0.3, -0.25) is 24.2 Å². The number of Topliss-reactive ketones (excluding diaryl/α,β-unsaturated/α-hetero) is 1. The maximum Gasteiger partial charge on any atom is 0.280 e. The Bertz CT molecular complexity index is 2250. The van der Waals surface area contributed by atoms with Crippen molar-refractivity contribution in [3.05, 3.63) is 68.3 Å². The normalized spacial score (nSPS) is 25.0. The second kappa shape index (κ2) is 13.9. The number of imidazole rings is 1. The highest BCUT2D eigenvalue weighted by Gasteiger charge is 2.50. The zero-order valence-corrected chi connectivity index (χ0v) is 29.8. The lowest BCUT2D eigenvalue weighted by atomic mass is 9.72. The van der Waals surface area contributed by atoms with Gasteiger partial charge in [-0.15, -0.1) is 0 Å². The van der Waals surface area contributed by atoms with Crippen LogP contribution in [0.3, 0.4) is 0 Å². The fraction of sp³-hybridized carbons (Fsp3) is 0.444. The summed E-state index contributed by atoms with van der Waals surface area (Å²) in [6.45, 7) is 4.57. The number of aliphatic hydroxyl groups excluding tert-OH is 2. The molecule has 9 N–H and O–H groups in total. The molecule has 54 heavy (non-hydrogen) atoms. The van der Waals surface area contributed by atoms with Crippen LogP contribution in [0.4, 0.5) is 5.95 Å². The molecule has 0 saturated carbocycles. The number of carbonyl (C=O) groups excluding carboxylic acids is 3. The Morgan fingerprint density at radius 2 is 1.91 bits per heavy atom. The summed E-state index contributed by atoms with van der Waals surface area (Å²) in [5, 5.41) is 60.6. The van der Waals surface area contributed by atoms with Crippen molar-refractivity contribution in [2.45, 2.75) is 82.3 Å². The summed E-state index contributed by atoms with van der Waals surface area (Å²) in [7, 11) is 1.32. The number of rotatable bonds is 10. The van der Waals surface area contributed by atoms with E-state index >= 15 is 0 Å². The number of phenolic OH excluding ortho intramolecular Hbond substituents is 2. The number of aromatic hydroxyl groups is 2. The number of aromatic amines is 1. The molecule has 2 aliphatic carbocycles. The van der Waals surface area contributed by atoms with E-state index in [0.717, 1.165) is 0 Å². The summed E-state index contributed by atoms with van der Waals surface area (Å²) in [6, 6.07) is 3.79. The Morgan fingerprint density at radius 3 is 2.61 bits per heavy atom. The lowest BCUT2D eigenvalue weighted by Gasteiger charge is -2.42. The number of ketones is 3. The van der Waals surface area contributed by atoms with Gasteiger partial charge in [0.15, 0.2) is 35.7 Å². The van der Waals surface area contributed by atoms with E-state index in [1.807, 2.05) is 13.8 Å². The van der Waals surface area contributed by atoms with Crippen molar-refractivity contribution in [2.75, 3.05) is 25.7 Å². The van der Waals surface area contributed by atoms with E-state index in [1.165, 1.54) is 25.3 Å². The van der Waals surface area contributed by atoms with E-state index in [2.05, 4.69) is 20.3 Å². The molecular weight excluding hydrogens is 708 g/mol. The number of hydrogen-bond donors (Lipinski definition) is 8. The molecule has 286 valence electrons. The molecule has 4 unspecified atom stereocenters. The van der Waals surface area contributed by atoms with E-state index in [4.69, 9.17) is 14.2 Å². The van der Waals surface area contributed by atoms with Crippen LogP contribution in [0.2, 0.25) is 0 Å². The first-order chi connectivity index (χ1) is 25.7. The molecule has 0 spiro atoms. The topological polar surface area (TPSA) is 272 Å². The van der Waals surface area contributed by atoms with Crippen LogP contribution in [0.1, 0.15) is 88.7 Å². The number of methoxy groups -OCH3 is 1. The summed E-state index contributed by atoms with van der Waals surface area (Å²) in [5.41, 5.74) is -3.67. The Kier molecular flexibility index (Phi) is 9.53. The lowest BCUT2D eigenvalue weighted by Crippen LogP contribution is -2.95. The number of H-pyrrole nitrogens is 1. The molecule has 0 bridgehead atoms. The van der Waals surface area contributed by atoms with Gasteiger partial charge >= 0.3 is 0 Å². The first-order valence-corrected chi connectivity index (χ1v) is 17.5. The van der Waals surface area contributed by atoms with Crippen molar-refractivity contribution in [1.29, 1.82) is 0 Å². The molecule has 2 aromatic heterocycles. The Labute approximate surface area is 306 Å². The SMILES string of the molecule is COc1cccc2c1C(=O)c1c(O)c3c(c(O)c1C2=O)C[C@@](O)(C(=O)CO)C[C@@H]3OC1CC([NH2+]CNc2nc3c(ncn3C(C)C)c(=O)[nH]2)C(O)C(C)O1. The van der Waals surface area contributed by atoms with Crippen LogP contribution in [0.25, 0.3) is 11.2 Å². The van der Waals surface area contributed by atoms with Crippen LogP contribution in [0, 0.1) is 0 Å². The predicted molar refractivity (Wildman–Crippen MR) is 187 cm³/mol. The van der Waals surface area contributed by atoms with Crippen LogP contribution in [-0.2, 0) is 20.7 Å². The second-order valence-electron chi connectivity index (χ2n) is 14.1. The lowest BCUT2D eigenvalue weighted by molar-refractivity contribution is -0.699. The van der Waals surface area contributed by atoms with E-state index in [0.29, 0.717) is 5.65 Å². The largest absolute Gasteiger partial charge is 0.507 e. The molecule has 2 aromatic carbocycles. The van der Waals surface area contributed by atoms with Crippen LogP contribution in [0.15, 0.2) is 29.3 Å². The molecule has 18 nitrogen and oxygen atoms in total. The van der Waals surface area contributed by atoms with Gasteiger partial charge < -0.3 is 54.9 Å². The van der Waals surface area contributed by atoms with Gasteiger partial charge in [-0.2, -0.15) is 4.98 Å². The smallest absolute Gasteiger partial charge is 0.280 e. The highest BCUT2D eigenvalue weighted by molar-refractivity contribution is 6.31. The van der Waals surface area contributed by atoms with Gasteiger partial charge in [0.05, 0.1) is 48.8 Å². The molecule has 1 fully saturated rings. The highest BCUT2D eigenvalue weighted by atomic mass is 16.7. The van der Waals surface area contributed by atoms with Crippen LogP contribution < -0.4 is 20.9 Å². The molecule has 3 heterocycles. The van der Waals surface area contributed by atoms with E-state index < -0.39 is 101 Å². The van der Waals surface area contributed by atoms with Crippen molar-refractivity contribution >= 4 is 34.5 Å². The van der Waals surface area contributed by atoms with Crippen LogP contribution in [-0.4, -0.2) is 113 Å². The number of anilines is 1. The quantitative estimate of drug-likeness (QED) is 0.0672. The number of hydrogen-bond acceptors (Lipinski definition) is 15.